The number of nitrogens with zero attached hydrogens (tertiary/aromatic N) is 4. The lowest BCUT2D eigenvalue weighted by Gasteiger charge is -2.32. The highest BCUT2D eigenvalue weighted by Crippen LogP contribution is 2.38. The van der Waals surface area contributed by atoms with Gasteiger partial charge in [0.2, 0.25) is 0 Å². The number of aromatic nitrogens is 2. The molecule has 0 saturated carbocycles. The normalized spacial score (nSPS) is 13.7. The van der Waals surface area contributed by atoms with E-state index < -0.39 is 23.1 Å². The van der Waals surface area contributed by atoms with E-state index in [9.17, 15) is 14.0 Å². The van der Waals surface area contributed by atoms with Gasteiger partial charge >= 0.3 is 0 Å². The SMILES string of the molecule is COc1cc2c(Oc3ccc(NC(=O)c4c(Cl)c5ccccc5n(-c5ccc(F)cc5)c4=O)cc3F)ccnc2cc1OCCCN1CCN(C)CC1. The molecule has 1 fully saturated rings. The molecule has 0 spiro atoms. The number of methoxy groups -OCH3 is 1. The molecule has 1 aliphatic rings. The topological polar surface area (TPSA) is 98.2 Å². The lowest BCUT2D eigenvalue weighted by molar-refractivity contribution is 0.102. The first-order valence-corrected chi connectivity index (χ1v) is 17.5. The minimum absolute atomic E-state index is 0.0625. The Kier molecular flexibility index (Phi) is 10.5. The molecule has 0 atom stereocenters. The lowest BCUT2D eigenvalue weighted by Crippen LogP contribution is -2.44. The molecule has 6 aromatic rings. The van der Waals surface area contributed by atoms with Crippen LogP contribution >= 0.6 is 11.6 Å². The zero-order valence-corrected chi connectivity index (χ0v) is 29.8. The molecule has 0 radical (unpaired) electrons. The molecule has 1 amide bonds. The van der Waals surface area contributed by atoms with Gasteiger partial charge in [-0.1, -0.05) is 29.8 Å². The van der Waals surface area contributed by atoms with Crippen LogP contribution in [0.5, 0.6) is 23.0 Å². The highest BCUT2D eigenvalue weighted by Gasteiger charge is 2.23. The van der Waals surface area contributed by atoms with Gasteiger partial charge < -0.3 is 29.3 Å². The molecular formula is C40H36ClF2N5O5. The third kappa shape index (κ3) is 7.66. The first-order valence-electron chi connectivity index (χ1n) is 17.1. The highest BCUT2D eigenvalue weighted by atomic mass is 35.5. The number of pyridine rings is 2. The number of benzene rings is 4. The third-order valence-corrected chi connectivity index (χ3v) is 9.59. The smallest absolute Gasteiger partial charge is 0.270 e. The van der Waals surface area contributed by atoms with E-state index in [-0.39, 0.29) is 22.0 Å². The van der Waals surface area contributed by atoms with E-state index in [2.05, 4.69) is 27.1 Å². The number of likely N-dealkylation sites (N-methyl/N-ethyl adjacent to an activating group) is 1. The van der Waals surface area contributed by atoms with Gasteiger partial charge in [0.1, 0.15) is 17.1 Å². The summed E-state index contributed by atoms with van der Waals surface area (Å²) in [6.45, 7) is 5.67. The number of para-hydroxylation sites is 1. The molecule has 2 aromatic heterocycles. The quantitative estimate of drug-likeness (QED) is 0.136. The molecule has 0 unspecified atom stereocenters. The maximum absolute atomic E-state index is 15.5. The molecule has 0 aliphatic carbocycles. The fourth-order valence-electron chi connectivity index (χ4n) is 6.35. The maximum Gasteiger partial charge on any atom is 0.270 e. The van der Waals surface area contributed by atoms with Crippen molar-refractivity contribution in [3.63, 3.8) is 0 Å². The van der Waals surface area contributed by atoms with Crippen LogP contribution in [0, 0.1) is 11.6 Å². The van der Waals surface area contributed by atoms with E-state index in [1.165, 1.54) is 41.0 Å². The van der Waals surface area contributed by atoms with E-state index >= 15 is 4.39 Å². The van der Waals surface area contributed by atoms with Gasteiger partial charge in [0.15, 0.2) is 23.1 Å². The number of fused-ring (bicyclic) bond motifs is 2. The number of amides is 1. The molecule has 7 rings (SSSR count). The molecule has 53 heavy (non-hydrogen) atoms. The van der Waals surface area contributed by atoms with Gasteiger partial charge in [0, 0.05) is 73.2 Å². The van der Waals surface area contributed by atoms with Crippen LogP contribution in [0.4, 0.5) is 14.5 Å². The van der Waals surface area contributed by atoms with Crippen molar-refractivity contribution in [3.8, 4) is 28.7 Å². The van der Waals surface area contributed by atoms with Crippen LogP contribution in [0.25, 0.3) is 27.5 Å². The van der Waals surface area contributed by atoms with Crippen molar-refractivity contribution < 1.29 is 27.8 Å². The van der Waals surface area contributed by atoms with Gasteiger partial charge in [-0.05, 0) is 68.1 Å². The van der Waals surface area contributed by atoms with Crippen LogP contribution in [-0.4, -0.2) is 78.7 Å². The number of halogens is 3. The minimum atomic E-state index is -0.848. The van der Waals surface area contributed by atoms with E-state index in [0.29, 0.717) is 51.3 Å². The Morgan fingerprint density at radius 1 is 0.887 bits per heavy atom. The molecule has 1 aliphatic heterocycles. The molecular weight excluding hydrogens is 704 g/mol. The van der Waals surface area contributed by atoms with Gasteiger partial charge in [0.25, 0.3) is 11.5 Å². The summed E-state index contributed by atoms with van der Waals surface area (Å²) in [6.07, 6.45) is 2.42. The number of nitrogens with one attached hydrogen (secondary N) is 1. The van der Waals surface area contributed by atoms with Crippen LogP contribution in [0.15, 0.2) is 95.9 Å². The summed E-state index contributed by atoms with van der Waals surface area (Å²) >= 11 is 6.63. The van der Waals surface area contributed by atoms with Crippen LogP contribution in [0.1, 0.15) is 16.8 Å². The van der Waals surface area contributed by atoms with Gasteiger partial charge in [-0.25, -0.2) is 8.78 Å². The summed E-state index contributed by atoms with van der Waals surface area (Å²) in [5.74, 6) is -0.848. The first kappa shape index (κ1) is 35.8. The minimum Gasteiger partial charge on any atom is -0.493 e. The fraction of sp³-hybridized carbons (Fsp3) is 0.225. The van der Waals surface area contributed by atoms with Gasteiger partial charge in [-0.2, -0.15) is 0 Å². The summed E-state index contributed by atoms with van der Waals surface area (Å²) in [5, 5.41) is 3.52. The fourth-order valence-corrected chi connectivity index (χ4v) is 6.68. The summed E-state index contributed by atoms with van der Waals surface area (Å²) in [4.78, 5) is 36.5. The highest BCUT2D eigenvalue weighted by molar-refractivity contribution is 6.39. The molecule has 4 aromatic carbocycles. The molecule has 0 bridgehead atoms. The Hall–Kier alpha value is -5.56. The Morgan fingerprint density at radius 3 is 2.42 bits per heavy atom. The van der Waals surface area contributed by atoms with Crippen molar-refractivity contribution >= 4 is 45.0 Å². The number of anilines is 1. The van der Waals surface area contributed by atoms with E-state index in [1.807, 2.05) is 0 Å². The molecule has 272 valence electrons. The van der Waals surface area contributed by atoms with Crippen molar-refractivity contribution in [1.82, 2.24) is 19.4 Å². The van der Waals surface area contributed by atoms with Crippen molar-refractivity contribution in [2.75, 3.05) is 58.8 Å². The zero-order valence-electron chi connectivity index (χ0n) is 29.1. The molecule has 1 saturated heterocycles. The van der Waals surface area contributed by atoms with Crippen LogP contribution < -0.4 is 25.1 Å². The van der Waals surface area contributed by atoms with Crippen molar-refractivity contribution in [3.05, 3.63) is 124 Å². The Labute approximate surface area is 309 Å². The summed E-state index contributed by atoms with van der Waals surface area (Å²) < 4.78 is 48.2. The number of piperazine rings is 1. The van der Waals surface area contributed by atoms with Crippen molar-refractivity contribution in [1.29, 1.82) is 0 Å². The maximum atomic E-state index is 15.5. The monoisotopic (exact) mass is 739 g/mol. The van der Waals surface area contributed by atoms with Crippen molar-refractivity contribution in [2.24, 2.45) is 0 Å². The summed E-state index contributed by atoms with van der Waals surface area (Å²) in [6, 6.07) is 21.1. The van der Waals surface area contributed by atoms with Crippen LogP contribution in [-0.2, 0) is 0 Å². The summed E-state index contributed by atoms with van der Waals surface area (Å²) in [7, 11) is 3.68. The standard InChI is InChI=1S/C40H36ClF2N5O5/c1-46-17-19-47(20-18-46)16-5-21-52-36-24-31-29(23-35(36)51-2)33(14-15-44-31)53-34-13-10-26(22-30(34)43)45-39(49)37-38(41)28-6-3-4-7-32(28)48(40(37)50)27-11-8-25(42)9-12-27/h3-4,6-15,22-24H,5,16-21H2,1-2H3,(H,45,49). The molecule has 3 heterocycles. The third-order valence-electron chi connectivity index (χ3n) is 9.20. The van der Waals surface area contributed by atoms with E-state index in [1.54, 1.807) is 55.8 Å². The first-order chi connectivity index (χ1) is 25.7. The number of ether oxygens (including phenoxy) is 3. The molecule has 1 N–H and O–H groups in total. The number of rotatable bonds is 11. The van der Waals surface area contributed by atoms with Gasteiger partial charge in [0.05, 0.1) is 29.8 Å². The Bertz CT molecular complexity index is 2360. The predicted molar refractivity (Wildman–Crippen MR) is 201 cm³/mol. The van der Waals surface area contributed by atoms with Crippen LogP contribution in [0.3, 0.4) is 0 Å². The van der Waals surface area contributed by atoms with Gasteiger partial charge in [-0.15, -0.1) is 0 Å². The Balaban J connectivity index is 1.08. The number of carbonyl (C=O) groups is 1. The average Bonchev–Trinajstić information content (AvgIpc) is 3.16. The summed E-state index contributed by atoms with van der Waals surface area (Å²) in [5.41, 5.74) is 0.323. The number of carbonyl (C=O) groups excluding carboxylic acids is 1. The number of hydrogen-bond acceptors (Lipinski definition) is 8. The lowest BCUT2D eigenvalue weighted by atomic mass is 10.1. The second-order valence-electron chi connectivity index (χ2n) is 12.7. The molecule has 10 nitrogen and oxygen atoms in total. The zero-order chi connectivity index (χ0) is 37.1. The number of hydrogen-bond donors (Lipinski definition) is 1. The second kappa shape index (κ2) is 15.6. The average molecular weight is 740 g/mol. The molecule has 13 heteroatoms. The van der Waals surface area contributed by atoms with Crippen molar-refractivity contribution in [2.45, 2.75) is 6.42 Å². The van der Waals surface area contributed by atoms with Gasteiger partial charge in [-0.3, -0.25) is 19.1 Å². The van der Waals surface area contributed by atoms with E-state index in [0.717, 1.165) is 45.2 Å². The predicted octanol–water partition coefficient (Wildman–Crippen LogP) is 7.54. The Morgan fingerprint density at radius 2 is 1.66 bits per heavy atom. The largest absolute Gasteiger partial charge is 0.493 e. The van der Waals surface area contributed by atoms with Crippen LogP contribution in [0.2, 0.25) is 5.02 Å². The van der Waals surface area contributed by atoms with E-state index in [4.69, 9.17) is 25.8 Å². The second-order valence-corrected chi connectivity index (χ2v) is 13.1.